The summed E-state index contributed by atoms with van der Waals surface area (Å²) in [4.78, 5) is 14.8. The highest BCUT2D eigenvalue weighted by Gasteiger charge is 2.22. The topological polar surface area (TPSA) is 70.9 Å². The molecule has 19 heavy (non-hydrogen) atoms. The summed E-state index contributed by atoms with van der Waals surface area (Å²) in [6.07, 6.45) is 3.25. The third-order valence-electron chi connectivity index (χ3n) is 3.97. The van der Waals surface area contributed by atoms with Crippen molar-refractivity contribution < 1.29 is 4.79 Å². The summed E-state index contributed by atoms with van der Waals surface area (Å²) in [5.41, 5.74) is 9.70. The monoisotopic (exact) mass is 257 g/mol. The molecule has 3 rings (SSSR count). The number of aromatic amines is 1. The average Bonchev–Trinajstić information content (AvgIpc) is 2.76. The van der Waals surface area contributed by atoms with Crippen LogP contribution in [-0.4, -0.2) is 23.5 Å². The van der Waals surface area contributed by atoms with Crippen molar-refractivity contribution in [2.45, 2.75) is 32.2 Å². The van der Waals surface area contributed by atoms with Crippen molar-refractivity contribution in [3.63, 3.8) is 0 Å². The number of nitrogens with one attached hydrogen (secondary N) is 2. The molecule has 0 unspecified atom stereocenters. The van der Waals surface area contributed by atoms with E-state index in [4.69, 9.17) is 5.73 Å². The minimum absolute atomic E-state index is 0.365. The second kappa shape index (κ2) is 4.70. The minimum Gasteiger partial charge on any atom is -0.366 e. The standard InChI is InChI=1S/C15H19N3O/c1-2-17-10-4-6-14-12(8-10)11-7-9(15(16)19)3-5-13(11)18-14/h3,5,7,10,17-18H,2,4,6,8H2,1H3,(H2,16,19)/t10-/m0/s1. The predicted octanol–water partition coefficient (Wildman–Crippen LogP) is 1.73. The largest absolute Gasteiger partial charge is 0.366 e. The molecule has 0 bridgehead atoms. The summed E-state index contributed by atoms with van der Waals surface area (Å²) in [6.45, 7) is 3.13. The molecule has 4 N–H and O–H groups in total. The van der Waals surface area contributed by atoms with Crippen molar-refractivity contribution in [3.8, 4) is 0 Å². The first-order valence-electron chi connectivity index (χ1n) is 6.85. The highest BCUT2D eigenvalue weighted by molar-refractivity contribution is 5.98. The van der Waals surface area contributed by atoms with Gasteiger partial charge in [-0.15, -0.1) is 0 Å². The second-order valence-electron chi connectivity index (χ2n) is 5.20. The Morgan fingerprint density at radius 2 is 2.37 bits per heavy atom. The van der Waals surface area contributed by atoms with Crippen molar-refractivity contribution in [1.29, 1.82) is 0 Å². The number of likely N-dealkylation sites (N-methyl/N-ethyl adjacent to an activating group) is 1. The fraction of sp³-hybridized carbons (Fsp3) is 0.400. The number of hydrogen-bond donors (Lipinski definition) is 3. The van der Waals surface area contributed by atoms with E-state index >= 15 is 0 Å². The summed E-state index contributed by atoms with van der Waals surface area (Å²) < 4.78 is 0. The molecule has 1 aliphatic rings. The summed E-state index contributed by atoms with van der Waals surface area (Å²) in [5, 5.41) is 4.66. The van der Waals surface area contributed by atoms with Gasteiger partial charge in [0.25, 0.3) is 0 Å². The average molecular weight is 257 g/mol. The van der Waals surface area contributed by atoms with Gasteiger partial charge in [0.05, 0.1) is 0 Å². The van der Waals surface area contributed by atoms with E-state index in [1.807, 2.05) is 12.1 Å². The Morgan fingerprint density at radius 1 is 1.53 bits per heavy atom. The number of aromatic nitrogens is 1. The number of H-pyrrole nitrogens is 1. The molecule has 4 heteroatoms. The number of aryl methyl sites for hydroxylation is 1. The van der Waals surface area contributed by atoms with Gasteiger partial charge in [0.15, 0.2) is 0 Å². The Hall–Kier alpha value is -1.81. The molecule has 0 saturated carbocycles. The highest BCUT2D eigenvalue weighted by atomic mass is 16.1. The number of fused-ring (bicyclic) bond motifs is 3. The fourth-order valence-corrected chi connectivity index (χ4v) is 3.03. The van der Waals surface area contributed by atoms with Gasteiger partial charge in [0, 0.05) is 28.2 Å². The predicted molar refractivity (Wildman–Crippen MR) is 76.3 cm³/mol. The van der Waals surface area contributed by atoms with E-state index < -0.39 is 0 Å². The Bertz CT molecular complexity index is 630. The van der Waals surface area contributed by atoms with Crippen LogP contribution in [0.3, 0.4) is 0 Å². The highest BCUT2D eigenvalue weighted by Crippen LogP contribution is 2.29. The molecular weight excluding hydrogens is 238 g/mol. The molecule has 1 aromatic heterocycles. The van der Waals surface area contributed by atoms with E-state index in [1.54, 1.807) is 6.07 Å². The molecule has 1 heterocycles. The zero-order valence-corrected chi connectivity index (χ0v) is 11.1. The molecular formula is C15H19N3O. The van der Waals surface area contributed by atoms with Gasteiger partial charge < -0.3 is 16.0 Å². The van der Waals surface area contributed by atoms with Gasteiger partial charge in [-0.1, -0.05) is 6.92 Å². The van der Waals surface area contributed by atoms with E-state index in [9.17, 15) is 4.79 Å². The maximum Gasteiger partial charge on any atom is 0.248 e. The van der Waals surface area contributed by atoms with Gasteiger partial charge in [-0.2, -0.15) is 0 Å². The first-order chi connectivity index (χ1) is 9.19. The molecule has 0 fully saturated rings. The number of carbonyl (C=O) groups is 1. The Morgan fingerprint density at radius 3 is 3.11 bits per heavy atom. The van der Waals surface area contributed by atoms with E-state index in [2.05, 4.69) is 17.2 Å². The minimum atomic E-state index is -0.365. The van der Waals surface area contributed by atoms with Crippen LogP contribution in [0.5, 0.6) is 0 Å². The molecule has 0 aliphatic heterocycles. The van der Waals surface area contributed by atoms with Crippen molar-refractivity contribution in [2.24, 2.45) is 5.73 Å². The molecule has 4 nitrogen and oxygen atoms in total. The Balaban J connectivity index is 2.05. The van der Waals surface area contributed by atoms with E-state index in [0.29, 0.717) is 11.6 Å². The normalized spacial score (nSPS) is 18.5. The van der Waals surface area contributed by atoms with Crippen LogP contribution in [0.1, 0.15) is 35.0 Å². The van der Waals surface area contributed by atoms with E-state index in [0.717, 1.165) is 36.7 Å². The van der Waals surface area contributed by atoms with Gasteiger partial charge in [0.2, 0.25) is 5.91 Å². The number of rotatable bonds is 3. The lowest BCUT2D eigenvalue weighted by atomic mass is 9.91. The molecule has 2 aromatic rings. The summed E-state index contributed by atoms with van der Waals surface area (Å²) in [6, 6.07) is 6.19. The molecule has 1 aliphatic carbocycles. The zero-order valence-electron chi connectivity index (χ0n) is 11.1. The Labute approximate surface area is 112 Å². The summed E-state index contributed by atoms with van der Waals surface area (Å²) >= 11 is 0. The number of carbonyl (C=O) groups excluding carboxylic acids is 1. The van der Waals surface area contributed by atoms with Crippen molar-refractivity contribution in [2.75, 3.05) is 6.54 Å². The molecule has 1 atom stereocenters. The molecule has 0 saturated heterocycles. The summed E-state index contributed by atoms with van der Waals surface area (Å²) in [5.74, 6) is -0.365. The lowest BCUT2D eigenvalue weighted by molar-refractivity contribution is 0.100. The third kappa shape index (κ3) is 2.12. The molecule has 100 valence electrons. The van der Waals surface area contributed by atoms with Gasteiger partial charge in [-0.3, -0.25) is 4.79 Å². The van der Waals surface area contributed by atoms with Crippen LogP contribution in [0.2, 0.25) is 0 Å². The maximum absolute atomic E-state index is 11.3. The van der Waals surface area contributed by atoms with Crippen LogP contribution in [-0.2, 0) is 12.8 Å². The van der Waals surface area contributed by atoms with Crippen molar-refractivity contribution in [1.82, 2.24) is 10.3 Å². The Kier molecular flexibility index (Phi) is 3.03. The van der Waals surface area contributed by atoms with Gasteiger partial charge in [-0.25, -0.2) is 0 Å². The lowest BCUT2D eigenvalue weighted by Crippen LogP contribution is -2.34. The van der Waals surface area contributed by atoms with Crippen LogP contribution in [0.4, 0.5) is 0 Å². The van der Waals surface area contributed by atoms with Gasteiger partial charge in [-0.05, 0) is 49.6 Å². The van der Waals surface area contributed by atoms with Crippen LogP contribution >= 0.6 is 0 Å². The smallest absolute Gasteiger partial charge is 0.248 e. The maximum atomic E-state index is 11.3. The molecule has 1 aromatic carbocycles. The number of hydrogen-bond acceptors (Lipinski definition) is 2. The van der Waals surface area contributed by atoms with Gasteiger partial charge in [0.1, 0.15) is 0 Å². The van der Waals surface area contributed by atoms with Crippen LogP contribution < -0.4 is 11.1 Å². The third-order valence-corrected chi connectivity index (χ3v) is 3.97. The molecule has 0 radical (unpaired) electrons. The number of nitrogens with two attached hydrogens (primary N) is 1. The number of primary amides is 1. The number of benzene rings is 1. The first kappa shape index (κ1) is 12.2. The van der Waals surface area contributed by atoms with Crippen molar-refractivity contribution in [3.05, 3.63) is 35.0 Å². The quantitative estimate of drug-likeness (QED) is 0.783. The lowest BCUT2D eigenvalue weighted by Gasteiger charge is -2.23. The second-order valence-corrected chi connectivity index (χ2v) is 5.20. The van der Waals surface area contributed by atoms with Crippen LogP contribution in [0.25, 0.3) is 10.9 Å². The zero-order chi connectivity index (χ0) is 13.4. The van der Waals surface area contributed by atoms with E-state index in [-0.39, 0.29) is 5.91 Å². The molecule has 1 amide bonds. The number of amides is 1. The first-order valence-corrected chi connectivity index (χ1v) is 6.85. The van der Waals surface area contributed by atoms with Crippen LogP contribution in [0, 0.1) is 0 Å². The molecule has 0 spiro atoms. The fourth-order valence-electron chi connectivity index (χ4n) is 3.03. The van der Waals surface area contributed by atoms with Crippen LogP contribution in [0.15, 0.2) is 18.2 Å². The van der Waals surface area contributed by atoms with Gasteiger partial charge >= 0.3 is 0 Å². The summed E-state index contributed by atoms with van der Waals surface area (Å²) in [7, 11) is 0. The van der Waals surface area contributed by atoms with Crippen molar-refractivity contribution >= 4 is 16.8 Å². The van der Waals surface area contributed by atoms with E-state index in [1.165, 1.54) is 11.3 Å². The SMILES string of the molecule is CCN[C@H]1CCc2[nH]c3ccc(C(N)=O)cc3c2C1.